The number of hydrogen-bond acceptors (Lipinski definition) is 4. The molecule has 6 heteroatoms. The zero-order valence-corrected chi connectivity index (χ0v) is 11.3. The molecule has 1 aromatic heterocycles. The lowest BCUT2D eigenvalue weighted by Crippen LogP contribution is -2.30. The van der Waals surface area contributed by atoms with Gasteiger partial charge < -0.3 is 15.2 Å². The third kappa shape index (κ3) is 2.42. The number of pyridine rings is 1. The van der Waals surface area contributed by atoms with Crippen LogP contribution in [0.15, 0.2) is 30.5 Å². The van der Waals surface area contributed by atoms with Crippen molar-refractivity contribution in [3.8, 4) is 5.88 Å². The highest BCUT2D eigenvalue weighted by molar-refractivity contribution is 6.35. The molecule has 0 radical (unpaired) electrons. The summed E-state index contributed by atoms with van der Waals surface area (Å²) in [5, 5.41) is 14.2. The van der Waals surface area contributed by atoms with Crippen LogP contribution in [-0.2, 0) is 4.79 Å². The summed E-state index contributed by atoms with van der Waals surface area (Å²) >= 11 is 6.14. The van der Waals surface area contributed by atoms with E-state index in [-0.39, 0.29) is 6.10 Å². The van der Waals surface area contributed by atoms with E-state index in [2.05, 4.69) is 10.3 Å². The zero-order chi connectivity index (χ0) is 14.1. The van der Waals surface area contributed by atoms with Crippen molar-refractivity contribution in [2.24, 2.45) is 0 Å². The number of ether oxygens (including phenoxy) is 1. The monoisotopic (exact) mass is 292 g/mol. The lowest BCUT2D eigenvalue weighted by atomic mass is 10.1. The second-order valence-corrected chi connectivity index (χ2v) is 5.13. The third-order valence-electron chi connectivity index (χ3n) is 3.38. The minimum absolute atomic E-state index is 0.201. The first-order valence-corrected chi connectivity index (χ1v) is 6.69. The fraction of sp³-hybridized carbons (Fsp3) is 0.286. The van der Waals surface area contributed by atoms with Gasteiger partial charge in [0.05, 0.1) is 0 Å². The molecule has 2 aromatic rings. The number of carbonyl (C=O) groups is 1. The highest BCUT2D eigenvalue weighted by atomic mass is 35.5. The summed E-state index contributed by atoms with van der Waals surface area (Å²) in [5.41, 5.74) is 0. The predicted octanol–water partition coefficient (Wildman–Crippen LogP) is 2.08. The normalized spacial score (nSPS) is 22.1. The smallest absolute Gasteiger partial charge is 0.320 e. The van der Waals surface area contributed by atoms with E-state index >= 15 is 0 Å². The average Bonchev–Trinajstić information content (AvgIpc) is 2.89. The third-order valence-corrected chi connectivity index (χ3v) is 3.71. The molecule has 0 spiro atoms. The van der Waals surface area contributed by atoms with Crippen LogP contribution >= 0.6 is 11.6 Å². The lowest BCUT2D eigenvalue weighted by Gasteiger charge is -2.13. The Bertz CT molecular complexity index is 662. The van der Waals surface area contributed by atoms with E-state index < -0.39 is 12.0 Å². The number of carboxylic acid groups (broad SMARTS) is 1. The van der Waals surface area contributed by atoms with Crippen molar-refractivity contribution < 1.29 is 14.6 Å². The molecular weight excluding hydrogens is 280 g/mol. The summed E-state index contributed by atoms with van der Waals surface area (Å²) in [6.07, 6.45) is 1.86. The van der Waals surface area contributed by atoms with Crippen LogP contribution in [0.5, 0.6) is 5.88 Å². The molecule has 0 saturated carbocycles. The minimum atomic E-state index is -0.856. The predicted molar refractivity (Wildman–Crippen MR) is 75.2 cm³/mol. The average molecular weight is 293 g/mol. The van der Waals surface area contributed by atoms with Gasteiger partial charge in [0, 0.05) is 35.0 Å². The van der Waals surface area contributed by atoms with Crippen molar-refractivity contribution in [1.82, 2.24) is 10.3 Å². The minimum Gasteiger partial charge on any atom is -0.480 e. The van der Waals surface area contributed by atoms with Crippen molar-refractivity contribution in [2.75, 3.05) is 6.54 Å². The number of halogens is 1. The molecule has 2 N–H and O–H groups in total. The van der Waals surface area contributed by atoms with Crippen LogP contribution in [0.1, 0.15) is 6.42 Å². The maximum Gasteiger partial charge on any atom is 0.320 e. The highest BCUT2D eigenvalue weighted by Crippen LogP contribution is 2.29. The van der Waals surface area contributed by atoms with Gasteiger partial charge in [-0.25, -0.2) is 4.98 Å². The summed E-state index contributed by atoms with van der Waals surface area (Å²) in [4.78, 5) is 15.1. The number of carboxylic acids is 1. The maximum absolute atomic E-state index is 10.9. The van der Waals surface area contributed by atoms with Crippen LogP contribution in [0.25, 0.3) is 10.8 Å². The van der Waals surface area contributed by atoms with Crippen LogP contribution < -0.4 is 10.1 Å². The Hall–Kier alpha value is -1.85. The molecule has 2 atom stereocenters. The van der Waals surface area contributed by atoms with E-state index in [0.29, 0.717) is 23.9 Å². The Labute approximate surface area is 120 Å². The number of rotatable bonds is 3. The molecule has 1 aliphatic rings. The quantitative estimate of drug-likeness (QED) is 0.906. The Morgan fingerprint density at radius 2 is 2.25 bits per heavy atom. The molecule has 20 heavy (non-hydrogen) atoms. The second kappa shape index (κ2) is 5.26. The molecule has 1 aliphatic heterocycles. The molecule has 0 amide bonds. The summed E-state index contributed by atoms with van der Waals surface area (Å²) in [6.45, 7) is 0.496. The van der Waals surface area contributed by atoms with Crippen LogP contribution in [-0.4, -0.2) is 34.8 Å². The van der Waals surface area contributed by atoms with Crippen LogP contribution in [0, 0.1) is 0 Å². The van der Waals surface area contributed by atoms with Gasteiger partial charge in [-0.1, -0.05) is 17.7 Å². The summed E-state index contributed by atoms with van der Waals surface area (Å²) in [5.74, 6) is -0.368. The van der Waals surface area contributed by atoms with Gasteiger partial charge in [-0.15, -0.1) is 0 Å². The molecule has 5 nitrogen and oxygen atoms in total. The largest absolute Gasteiger partial charge is 0.480 e. The Balaban J connectivity index is 1.85. The second-order valence-electron chi connectivity index (χ2n) is 4.73. The summed E-state index contributed by atoms with van der Waals surface area (Å²) in [6, 6.07) is 6.81. The number of fused-ring (bicyclic) bond motifs is 1. The standard InChI is InChI=1S/C14H13ClN2O3/c15-11-3-1-2-10-9(11)4-5-16-13(10)20-8-6-12(14(18)19)17-7-8/h1-5,8,12,17H,6-7H2,(H,18,19)/t8?,12-/m0/s1. The van der Waals surface area contributed by atoms with Gasteiger partial charge in [0.1, 0.15) is 12.1 Å². The van der Waals surface area contributed by atoms with Crippen molar-refractivity contribution in [1.29, 1.82) is 0 Å². The first kappa shape index (κ1) is 13.1. The molecule has 3 rings (SSSR count). The summed E-state index contributed by atoms with van der Waals surface area (Å²) in [7, 11) is 0. The van der Waals surface area contributed by atoms with Gasteiger partial charge in [0.15, 0.2) is 0 Å². The van der Waals surface area contributed by atoms with E-state index in [1.165, 1.54) is 0 Å². The zero-order valence-electron chi connectivity index (χ0n) is 10.5. The first-order valence-electron chi connectivity index (χ1n) is 6.31. The number of hydrogen-bond donors (Lipinski definition) is 2. The molecule has 1 saturated heterocycles. The van der Waals surface area contributed by atoms with E-state index in [0.717, 1.165) is 10.8 Å². The van der Waals surface area contributed by atoms with E-state index in [4.69, 9.17) is 21.4 Å². The molecule has 1 fully saturated rings. The Kier molecular flexibility index (Phi) is 3.46. The van der Waals surface area contributed by atoms with Gasteiger partial charge in [-0.05, 0) is 18.2 Å². The summed E-state index contributed by atoms with van der Waals surface area (Å²) < 4.78 is 5.83. The molecule has 0 aliphatic carbocycles. The first-order chi connectivity index (χ1) is 9.65. The molecule has 2 heterocycles. The van der Waals surface area contributed by atoms with Gasteiger partial charge in [-0.3, -0.25) is 4.79 Å². The van der Waals surface area contributed by atoms with Gasteiger partial charge in [-0.2, -0.15) is 0 Å². The number of aliphatic carboxylic acids is 1. The van der Waals surface area contributed by atoms with Crippen molar-refractivity contribution >= 4 is 28.3 Å². The number of nitrogens with zero attached hydrogens (tertiary/aromatic N) is 1. The van der Waals surface area contributed by atoms with Crippen molar-refractivity contribution in [3.63, 3.8) is 0 Å². The lowest BCUT2D eigenvalue weighted by molar-refractivity contribution is -0.139. The number of benzene rings is 1. The van der Waals surface area contributed by atoms with Gasteiger partial charge >= 0.3 is 5.97 Å². The highest BCUT2D eigenvalue weighted by Gasteiger charge is 2.30. The molecule has 1 aromatic carbocycles. The van der Waals surface area contributed by atoms with Crippen LogP contribution in [0.4, 0.5) is 0 Å². The van der Waals surface area contributed by atoms with E-state index in [9.17, 15) is 4.79 Å². The van der Waals surface area contributed by atoms with Crippen molar-refractivity contribution in [3.05, 3.63) is 35.5 Å². The van der Waals surface area contributed by atoms with E-state index in [1.807, 2.05) is 24.3 Å². The topological polar surface area (TPSA) is 71.5 Å². The molecule has 1 unspecified atom stereocenters. The van der Waals surface area contributed by atoms with Crippen LogP contribution in [0.2, 0.25) is 5.02 Å². The molecular formula is C14H13ClN2O3. The van der Waals surface area contributed by atoms with Gasteiger partial charge in [0.25, 0.3) is 0 Å². The fourth-order valence-electron chi connectivity index (χ4n) is 2.37. The van der Waals surface area contributed by atoms with Crippen molar-refractivity contribution in [2.45, 2.75) is 18.6 Å². The SMILES string of the molecule is O=C(O)[C@@H]1CC(Oc2nccc3c(Cl)cccc23)CN1. The molecule has 104 valence electrons. The van der Waals surface area contributed by atoms with E-state index in [1.54, 1.807) is 6.20 Å². The maximum atomic E-state index is 10.9. The Morgan fingerprint density at radius 1 is 1.40 bits per heavy atom. The fourth-order valence-corrected chi connectivity index (χ4v) is 2.61. The number of nitrogens with one attached hydrogen (secondary N) is 1. The Morgan fingerprint density at radius 3 is 3.00 bits per heavy atom. The number of aromatic nitrogens is 1. The van der Waals surface area contributed by atoms with Gasteiger partial charge in [0.2, 0.25) is 5.88 Å². The van der Waals surface area contributed by atoms with Crippen LogP contribution in [0.3, 0.4) is 0 Å². The molecule has 0 bridgehead atoms.